The predicted octanol–water partition coefficient (Wildman–Crippen LogP) is 3.40. The maximum Gasteiger partial charge on any atom is 0.241 e. The number of nitrogens with zero attached hydrogens (tertiary/aromatic N) is 1. The second kappa shape index (κ2) is 7.66. The van der Waals surface area contributed by atoms with Crippen molar-refractivity contribution in [2.75, 3.05) is 18.4 Å². The van der Waals surface area contributed by atoms with Gasteiger partial charge in [0.25, 0.3) is 0 Å². The minimum Gasteiger partial charge on any atom is -0.393 e. The number of aliphatic hydroxyl groups excluding tert-OH is 1. The molecule has 1 saturated heterocycles. The SMILES string of the molecule is CC(O)C1CCCN(C(C)C(=O)Nc2ccc(C(C)(C)C)cc2)C1. The van der Waals surface area contributed by atoms with Crippen LogP contribution >= 0.6 is 0 Å². The number of carbonyl (C=O) groups is 1. The molecule has 1 aliphatic heterocycles. The lowest BCUT2D eigenvalue weighted by Crippen LogP contribution is -2.48. The van der Waals surface area contributed by atoms with E-state index in [1.165, 1.54) is 5.56 Å². The molecule has 2 N–H and O–H groups in total. The lowest BCUT2D eigenvalue weighted by atomic mass is 9.87. The molecule has 0 bridgehead atoms. The number of likely N-dealkylation sites (tertiary alicyclic amines) is 1. The van der Waals surface area contributed by atoms with E-state index in [2.05, 4.69) is 43.1 Å². The van der Waals surface area contributed by atoms with Gasteiger partial charge in [-0.1, -0.05) is 32.9 Å². The molecule has 1 fully saturated rings. The number of hydrogen-bond donors (Lipinski definition) is 2. The van der Waals surface area contributed by atoms with Crippen LogP contribution in [0.15, 0.2) is 24.3 Å². The Morgan fingerprint density at radius 1 is 1.25 bits per heavy atom. The molecule has 134 valence electrons. The van der Waals surface area contributed by atoms with Gasteiger partial charge in [-0.15, -0.1) is 0 Å². The summed E-state index contributed by atoms with van der Waals surface area (Å²) in [7, 11) is 0. The van der Waals surface area contributed by atoms with Crippen molar-refractivity contribution in [1.82, 2.24) is 4.90 Å². The Hall–Kier alpha value is -1.39. The number of benzene rings is 1. The second-order valence-electron chi connectivity index (χ2n) is 8.13. The summed E-state index contributed by atoms with van der Waals surface area (Å²) >= 11 is 0. The Morgan fingerprint density at radius 3 is 2.42 bits per heavy atom. The lowest BCUT2D eigenvalue weighted by molar-refractivity contribution is -0.121. The van der Waals surface area contributed by atoms with E-state index in [1.54, 1.807) is 0 Å². The molecule has 2 rings (SSSR count). The molecule has 1 aliphatic rings. The molecule has 1 amide bonds. The molecule has 24 heavy (non-hydrogen) atoms. The quantitative estimate of drug-likeness (QED) is 0.888. The van der Waals surface area contributed by atoms with E-state index < -0.39 is 0 Å². The van der Waals surface area contributed by atoms with E-state index in [4.69, 9.17) is 0 Å². The number of hydrogen-bond acceptors (Lipinski definition) is 3. The monoisotopic (exact) mass is 332 g/mol. The van der Waals surface area contributed by atoms with Gasteiger partial charge in [-0.05, 0) is 62.3 Å². The van der Waals surface area contributed by atoms with Crippen LogP contribution in [-0.4, -0.2) is 41.1 Å². The number of carbonyl (C=O) groups excluding carboxylic acids is 1. The van der Waals surface area contributed by atoms with Crippen molar-refractivity contribution >= 4 is 11.6 Å². The van der Waals surface area contributed by atoms with E-state index in [-0.39, 0.29) is 29.4 Å². The van der Waals surface area contributed by atoms with E-state index in [9.17, 15) is 9.90 Å². The summed E-state index contributed by atoms with van der Waals surface area (Å²) in [5.41, 5.74) is 2.20. The highest BCUT2D eigenvalue weighted by Gasteiger charge is 2.29. The van der Waals surface area contributed by atoms with Gasteiger partial charge in [0, 0.05) is 12.2 Å². The average molecular weight is 332 g/mol. The average Bonchev–Trinajstić information content (AvgIpc) is 2.53. The summed E-state index contributed by atoms with van der Waals surface area (Å²) in [6, 6.07) is 7.91. The highest BCUT2D eigenvalue weighted by molar-refractivity contribution is 5.94. The molecule has 3 atom stereocenters. The Labute approximate surface area is 146 Å². The largest absolute Gasteiger partial charge is 0.393 e. The van der Waals surface area contributed by atoms with Crippen LogP contribution in [0, 0.1) is 5.92 Å². The first-order chi connectivity index (χ1) is 11.2. The van der Waals surface area contributed by atoms with Crippen molar-refractivity contribution < 1.29 is 9.90 Å². The fourth-order valence-electron chi connectivity index (χ4n) is 3.25. The zero-order chi connectivity index (χ0) is 17.9. The van der Waals surface area contributed by atoms with Gasteiger partial charge >= 0.3 is 0 Å². The normalized spacial score (nSPS) is 22.0. The second-order valence-corrected chi connectivity index (χ2v) is 8.13. The minimum atomic E-state index is -0.312. The summed E-state index contributed by atoms with van der Waals surface area (Å²) in [6.07, 6.45) is 1.76. The van der Waals surface area contributed by atoms with Gasteiger partial charge in [0.1, 0.15) is 0 Å². The highest BCUT2D eigenvalue weighted by atomic mass is 16.3. The molecule has 1 aromatic rings. The minimum absolute atomic E-state index is 0.0183. The third-order valence-corrected chi connectivity index (χ3v) is 5.12. The number of aliphatic hydroxyl groups is 1. The third kappa shape index (κ3) is 4.81. The van der Waals surface area contributed by atoms with Gasteiger partial charge in [0.05, 0.1) is 12.1 Å². The van der Waals surface area contributed by atoms with Crippen LogP contribution in [-0.2, 0) is 10.2 Å². The molecule has 0 radical (unpaired) electrons. The predicted molar refractivity (Wildman–Crippen MR) is 99.2 cm³/mol. The van der Waals surface area contributed by atoms with Crippen LogP contribution in [0.5, 0.6) is 0 Å². The first kappa shape index (κ1) is 18.9. The van der Waals surface area contributed by atoms with E-state index in [1.807, 2.05) is 26.0 Å². The van der Waals surface area contributed by atoms with Gasteiger partial charge < -0.3 is 10.4 Å². The number of nitrogens with one attached hydrogen (secondary N) is 1. The van der Waals surface area contributed by atoms with Crippen LogP contribution < -0.4 is 5.32 Å². The molecular weight excluding hydrogens is 300 g/mol. The first-order valence-corrected chi connectivity index (χ1v) is 9.02. The summed E-state index contributed by atoms with van der Waals surface area (Å²) in [5.74, 6) is 0.282. The first-order valence-electron chi connectivity index (χ1n) is 9.02. The fourth-order valence-corrected chi connectivity index (χ4v) is 3.25. The summed E-state index contributed by atoms with van der Waals surface area (Å²) in [4.78, 5) is 14.7. The topological polar surface area (TPSA) is 52.6 Å². The van der Waals surface area contributed by atoms with E-state index in [0.29, 0.717) is 0 Å². The molecule has 1 heterocycles. The molecule has 0 aliphatic carbocycles. The Balaban J connectivity index is 1.96. The number of piperidine rings is 1. The summed E-state index contributed by atoms with van der Waals surface area (Å²) in [6.45, 7) is 12.0. The smallest absolute Gasteiger partial charge is 0.241 e. The summed E-state index contributed by atoms with van der Waals surface area (Å²) in [5, 5.41) is 12.8. The van der Waals surface area contributed by atoms with Gasteiger partial charge in [0.15, 0.2) is 0 Å². The molecular formula is C20H32N2O2. The van der Waals surface area contributed by atoms with Crippen molar-refractivity contribution in [3.63, 3.8) is 0 Å². The standard InChI is InChI=1S/C20H32N2O2/c1-14(22-12-6-7-16(13-22)15(2)23)19(24)21-18-10-8-17(9-11-18)20(3,4)5/h8-11,14-16,23H,6-7,12-13H2,1-5H3,(H,21,24). The molecule has 3 unspecified atom stereocenters. The van der Waals surface area contributed by atoms with Crippen molar-refractivity contribution in [1.29, 1.82) is 0 Å². The Kier molecular flexibility index (Phi) is 6.05. The summed E-state index contributed by atoms with van der Waals surface area (Å²) < 4.78 is 0. The maximum absolute atomic E-state index is 12.6. The van der Waals surface area contributed by atoms with Gasteiger partial charge in [-0.3, -0.25) is 9.69 Å². The van der Waals surface area contributed by atoms with Gasteiger partial charge in [-0.25, -0.2) is 0 Å². The van der Waals surface area contributed by atoms with Gasteiger partial charge in [0.2, 0.25) is 5.91 Å². The van der Waals surface area contributed by atoms with E-state index >= 15 is 0 Å². The Bertz CT molecular complexity index is 546. The van der Waals surface area contributed by atoms with E-state index in [0.717, 1.165) is 31.6 Å². The molecule has 1 aromatic carbocycles. The third-order valence-electron chi connectivity index (χ3n) is 5.12. The number of amides is 1. The van der Waals surface area contributed by atoms with Crippen LogP contribution in [0.1, 0.15) is 53.0 Å². The number of anilines is 1. The highest BCUT2D eigenvalue weighted by Crippen LogP contribution is 2.24. The maximum atomic E-state index is 12.6. The van der Waals surface area contributed by atoms with Crippen molar-refractivity contribution in [2.24, 2.45) is 5.92 Å². The molecule has 0 aromatic heterocycles. The molecule has 4 nitrogen and oxygen atoms in total. The van der Waals surface area contributed by atoms with Crippen molar-refractivity contribution in [3.8, 4) is 0 Å². The number of rotatable bonds is 4. The van der Waals surface area contributed by atoms with Crippen LogP contribution in [0.25, 0.3) is 0 Å². The Morgan fingerprint density at radius 2 is 1.88 bits per heavy atom. The van der Waals surface area contributed by atoms with Gasteiger partial charge in [-0.2, -0.15) is 0 Å². The van der Waals surface area contributed by atoms with Crippen LogP contribution in [0.2, 0.25) is 0 Å². The molecule has 0 saturated carbocycles. The fraction of sp³-hybridized carbons (Fsp3) is 0.650. The van der Waals surface area contributed by atoms with Crippen LogP contribution in [0.3, 0.4) is 0 Å². The lowest BCUT2D eigenvalue weighted by Gasteiger charge is -2.37. The van der Waals surface area contributed by atoms with Crippen molar-refractivity contribution in [2.45, 2.75) is 65.0 Å². The van der Waals surface area contributed by atoms with Crippen LogP contribution in [0.4, 0.5) is 5.69 Å². The zero-order valence-corrected chi connectivity index (χ0v) is 15.7. The molecule has 4 heteroatoms. The van der Waals surface area contributed by atoms with Crippen molar-refractivity contribution in [3.05, 3.63) is 29.8 Å². The zero-order valence-electron chi connectivity index (χ0n) is 15.7. The molecule has 0 spiro atoms.